The van der Waals surface area contributed by atoms with Gasteiger partial charge in [-0.25, -0.2) is 0 Å². The van der Waals surface area contributed by atoms with E-state index in [0.29, 0.717) is 12.8 Å². The van der Waals surface area contributed by atoms with Crippen LogP contribution in [0.15, 0.2) is 12.7 Å². The molecule has 0 aliphatic carbocycles. The Bertz CT molecular complexity index is 229. The number of allylic oxidation sites excluding steroid dienone is 1. The predicted octanol–water partition coefficient (Wildman–Crippen LogP) is 2.39. The van der Waals surface area contributed by atoms with Gasteiger partial charge in [0.25, 0.3) is 0 Å². The predicted molar refractivity (Wildman–Crippen MR) is 47.5 cm³/mol. The maximum absolute atomic E-state index is 11.9. The molecule has 14 heavy (non-hydrogen) atoms. The Morgan fingerprint density at radius 3 is 2.43 bits per heavy atom. The second-order valence-corrected chi connectivity index (χ2v) is 3.24. The summed E-state index contributed by atoms with van der Waals surface area (Å²) in [5, 5.41) is 10.9. The molecule has 1 unspecified atom stereocenters. The average molecular weight is 206 g/mol. The number of nitrogens with zero attached hydrogens (tertiary/aromatic N) is 1. The van der Waals surface area contributed by atoms with E-state index in [2.05, 4.69) is 11.9 Å². The minimum atomic E-state index is -4.29. The van der Waals surface area contributed by atoms with Gasteiger partial charge in [0.05, 0.1) is 12.6 Å². The molecule has 1 N–H and O–H groups in total. The molecule has 5 heteroatoms. The van der Waals surface area contributed by atoms with E-state index in [0.717, 1.165) is 0 Å². The molecule has 0 radical (unpaired) electrons. The van der Waals surface area contributed by atoms with Gasteiger partial charge in [-0.1, -0.05) is 6.08 Å². The summed E-state index contributed by atoms with van der Waals surface area (Å²) in [6.07, 6.45) is -1.88. The third-order valence-electron chi connectivity index (χ3n) is 1.77. The molecule has 0 heterocycles. The van der Waals surface area contributed by atoms with E-state index < -0.39 is 18.3 Å². The van der Waals surface area contributed by atoms with Gasteiger partial charge in [-0.05, 0) is 19.8 Å². The van der Waals surface area contributed by atoms with Crippen molar-refractivity contribution in [1.29, 1.82) is 5.26 Å². The summed E-state index contributed by atoms with van der Waals surface area (Å²) in [4.78, 5) is 0. The quantitative estimate of drug-likeness (QED) is 0.701. The highest BCUT2D eigenvalue weighted by molar-refractivity contribution is 5.04. The van der Waals surface area contributed by atoms with Crippen LogP contribution in [0.2, 0.25) is 0 Å². The van der Waals surface area contributed by atoms with E-state index in [9.17, 15) is 13.2 Å². The lowest BCUT2D eigenvalue weighted by molar-refractivity contribution is -0.127. The second-order valence-electron chi connectivity index (χ2n) is 3.24. The van der Waals surface area contributed by atoms with Crippen LogP contribution in [0.1, 0.15) is 19.8 Å². The zero-order valence-electron chi connectivity index (χ0n) is 7.99. The van der Waals surface area contributed by atoms with Crippen LogP contribution in [0.5, 0.6) is 0 Å². The molecule has 80 valence electrons. The summed E-state index contributed by atoms with van der Waals surface area (Å²) in [5.41, 5.74) is -1.14. The number of nitriles is 1. The molecule has 2 nitrogen and oxygen atoms in total. The normalized spacial score (nSPS) is 15.6. The molecule has 0 saturated heterocycles. The van der Waals surface area contributed by atoms with Gasteiger partial charge in [0.2, 0.25) is 0 Å². The Kier molecular flexibility index (Phi) is 4.64. The zero-order chi connectivity index (χ0) is 11.2. The van der Waals surface area contributed by atoms with Gasteiger partial charge in [0.1, 0.15) is 5.54 Å². The lowest BCUT2D eigenvalue weighted by Crippen LogP contribution is -2.45. The highest BCUT2D eigenvalue weighted by Crippen LogP contribution is 2.17. The van der Waals surface area contributed by atoms with Crippen LogP contribution in [0.25, 0.3) is 0 Å². The minimum Gasteiger partial charge on any atom is -0.291 e. The number of alkyl halides is 3. The molecule has 0 aromatic rings. The highest BCUT2D eigenvalue weighted by atomic mass is 19.4. The summed E-state index contributed by atoms with van der Waals surface area (Å²) in [5.74, 6) is 0. The molecule has 1 atom stereocenters. The number of hydrogen-bond acceptors (Lipinski definition) is 2. The summed E-state index contributed by atoms with van der Waals surface area (Å²) < 4.78 is 35.6. The summed E-state index contributed by atoms with van der Waals surface area (Å²) in [6, 6.07) is 1.83. The average Bonchev–Trinajstić information content (AvgIpc) is 2.10. The Balaban J connectivity index is 4.14. The Morgan fingerprint density at radius 1 is 1.50 bits per heavy atom. The van der Waals surface area contributed by atoms with Gasteiger partial charge >= 0.3 is 6.18 Å². The first-order valence-electron chi connectivity index (χ1n) is 4.17. The van der Waals surface area contributed by atoms with Crippen molar-refractivity contribution in [2.75, 3.05) is 6.54 Å². The molecule has 0 aliphatic rings. The molecule has 0 rings (SSSR count). The summed E-state index contributed by atoms with van der Waals surface area (Å²) >= 11 is 0. The second kappa shape index (κ2) is 5.01. The summed E-state index contributed by atoms with van der Waals surface area (Å²) in [6.45, 7) is 3.75. The zero-order valence-corrected chi connectivity index (χ0v) is 7.99. The molecule has 0 bridgehead atoms. The van der Waals surface area contributed by atoms with Gasteiger partial charge in [-0.15, -0.1) is 6.58 Å². The molecular weight excluding hydrogens is 193 g/mol. The highest BCUT2D eigenvalue weighted by Gasteiger charge is 2.32. The van der Waals surface area contributed by atoms with Crippen LogP contribution < -0.4 is 5.32 Å². The van der Waals surface area contributed by atoms with E-state index in [1.54, 1.807) is 6.08 Å². The number of hydrogen-bond donors (Lipinski definition) is 1. The molecular formula is C9H13F3N2. The first-order valence-corrected chi connectivity index (χ1v) is 4.17. The van der Waals surface area contributed by atoms with Crippen molar-refractivity contribution < 1.29 is 13.2 Å². The van der Waals surface area contributed by atoms with Gasteiger partial charge in [0.15, 0.2) is 0 Å². The topological polar surface area (TPSA) is 35.8 Å². The fourth-order valence-corrected chi connectivity index (χ4v) is 0.870. The smallest absolute Gasteiger partial charge is 0.291 e. The molecule has 0 fully saturated rings. The van der Waals surface area contributed by atoms with Gasteiger partial charge in [-0.3, -0.25) is 5.32 Å². The Labute approximate surface area is 81.4 Å². The Morgan fingerprint density at radius 2 is 2.07 bits per heavy atom. The molecule has 0 saturated carbocycles. The molecule has 0 aliphatic heterocycles. The van der Waals surface area contributed by atoms with Crippen LogP contribution in [-0.2, 0) is 0 Å². The maximum Gasteiger partial charge on any atom is 0.401 e. The van der Waals surface area contributed by atoms with E-state index in [4.69, 9.17) is 5.26 Å². The van der Waals surface area contributed by atoms with Crippen LogP contribution in [0, 0.1) is 11.3 Å². The lowest BCUT2D eigenvalue weighted by atomic mass is 9.98. The number of halogens is 3. The van der Waals surface area contributed by atoms with Crippen molar-refractivity contribution >= 4 is 0 Å². The monoisotopic (exact) mass is 206 g/mol. The summed E-state index contributed by atoms with van der Waals surface area (Å²) in [7, 11) is 0. The third-order valence-corrected chi connectivity index (χ3v) is 1.77. The molecule has 0 aromatic heterocycles. The van der Waals surface area contributed by atoms with Gasteiger partial charge < -0.3 is 0 Å². The Hall–Kier alpha value is -1.02. The molecule has 0 spiro atoms. The fraction of sp³-hybridized carbons (Fsp3) is 0.667. The van der Waals surface area contributed by atoms with Crippen molar-refractivity contribution in [3.8, 4) is 6.07 Å². The number of rotatable bonds is 5. The van der Waals surface area contributed by atoms with Crippen molar-refractivity contribution in [2.24, 2.45) is 0 Å². The van der Waals surface area contributed by atoms with Crippen LogP contribution in [0.3, 0.4) is 0 Å². The lowest BCUT2D eigenvalue weighted by Gasteiger charge is -2.23. The molecule has 0 amide bonds. The van der Waals surface area contributed by atoms with Crippen LogP contribution in [0.4, 0.5) is 13.2 Å². The minimum absolute atomic E-state index is 0.322. The van der Waals surface area contributed by atoms with E-state index in [1.165, 1.54) is 6.92 Å². The van der Waals surface area contributed by atoms with E-state index in [1.807, 2.05) is 6.07 Å². The fourth-order valence-electron chi connectivity index (χ4n) is 0.870. The molecule has 0 aromatic carbocycles. The van der Waals surface area contributed by atoms with Crippen molar-refractivity contribution in [1.82, 2.24) is 5.32 Å². The van der Waals surface area contributed by atoms with Crippen molar-refractivity contribution in [2.45, 2.75) is 31.5 Å². The van der Waals surface area contributed by atoms with Gasteiger partial charge in [0, 0.05) is 0 Å². The van der Waals surface area contributed by atoms with Crippen LogP contribution in [-0.4, -0.2) is 18.3 Å². The van der Waals surface area contributed by atoms with E-state index >= 15 is 0 Å². The SMILES string of the molecule is C=CCCC(C)(C#N)NCC(F)(F)F. The van der Waals surface area contributed by atoms with Crippen LogP contribution >= 0.6 is 0 Å². The standard InChI is InChI=1S/C9H13F3N2/c1-3-4-5-8(2,6-13)14-7-9(10,11)12/h3,14H,1,4-5,7H2,2H3. The first kappa shape index (κ1) is 13.0. The van der Waals surface area contributed by atoms with Gasteiger partial charge in [-0.2, -0.15) is 18.4 Å². The van der Waals surface area contributed by atoms with E-state index in [-0.39, 0.29) is 0 Å². The first-order chi connectivity index (χ1) is 6.33. The van der Waals surface area contributed by atoms with Crippen molar-refractivity contribution in [3.63, 3.8) is 0 Å². The number of nitrogens with one attached hydrogen (secondary N) is 1. The van der Waals surface area contributed by atoms with Crippen molar-refractivity contribution in [3.05, 3.63) is 12.7 Å². The maximum atomic E-state index is 11.9. The largest absolute Gasteiger partial charge is 0.401 e. The third kappa shape index (κ3) is 5.60.